The molecule has 1 amide bonds. The van der Waals surface area contributed by atoms with Crippen LogP contribution < -0.4 is 19.9 Å². The van der Waals surface area contributed by atoms with E-state index in [0.29, 0.717) is 18.7 Å². The lowest BCUT2D eigenvalue weighted by atomic mass is 10.2. The predicted molar refractivity (Wildman–Crippen MR) is 133 cm³/mol. The quantitative estimate of drug-likeness (QED) is 0.565. The Balaban J connectivity index is 1.25. The number of amides is 1. The van der Waals surface area contributed by atoms with Crippen LogP contribution in [0.5, 0.6) is 5.75 Å². The molecule has 2 heterocycles. The van der Waals surface area contributed by atoms with Crippen LogP contribution in [-0.2, 0) is 0 Å². The van der Waals surface area contributed by atoms with Gasteiger partial charge in [0.1, 0.15) is 11.3 Å². The van der Waals surface area contributed by atoms with E-state index in [2.05, 4.69) is 21.2 Å². The highest BCUT2D eigenvalue weighted by molar-refractivity contribution is 7.22. The largest absolute Gasteiger partial charge is 0.492 e. The van der Waals surface area contributed by atoms with E-state index in [0.717, 1.165) is 59.5 Å². The molecule has 4 rings (SSSR count). The number of benzene rings is 2. The summed E-state index contributed by atoms with van der Waals surface area (Å²) >= 11 is 1.72. The molecule has 0 radical (unpaired) electrons. The van der Waals surface area contributed by atoms with Gasteiger partial charge in [0.05, 0.1) is 11.3 Å². The maximum atomic E-state index is 12.4. The average Bonchev–Trinajstić information content (AvgIpc) is 3.25. The molecule has 170 valence electrons. The van der Waals surface area contributed by atoms with Gasteiger partial charge in [0.15, 0.2) is 5.13 Å². The fraction of sp³-hybridized carbons (Fsp3) is 0.417. The Morgan fingerprint density at radius 2 is 1.88 bits per heavy atom. The number of nitrogens with zero attached hydrogens (tertiary/aromatic N) is 4. The van der Waals surface area contributed by atoms with Crippen molar-refractivity contribution < 1.29 is 9.53 Å². The molecule has 8 heteroatoms. The second-order valence-corrected chi connectivity index (χ2v) is 9.07. The SMILES string of the molecule is CCOc1cccc2sc(N3CCN(CCNC(=O)c4ccc(N(C)C)cc4)CC3)nc12. The summed E-state index contributed by atoms with van der Waals surface area (Å²) in [5.41, 5.74) is 2.74. The van der Waals surface area contributed by atoms with Gasteiger partial charge in [0.2, 0.25) is 0 Å². The number of nitrogens with one attached hydrogen (secondary N) is 1. The van der Waals surface area contributed by atoms with Gasteiger partial charge in [-0.25, -0.2) is 4.98 Å². The number of para-hydroxylation sites is 1. The minimum atomic E-state index is -0.0199. The number of fused-ring (bicyclic) bond motifs is 1. The number of ether oxygens (including phenoxy) is 1. The molecular formula is C24H31N5O2S. The second-order valence-electron chi connectivity index (χ2n) is 8.06. The zero-order chi connectivity index (χ0) is 22.5. The van der Waals surface area contributed by atoms with E-state index in [1.807, 2.05) is 62.3 Å². The van der Waals surface area contributed by atoms with Crippen molar-refractivity contribution in [3.8, 4) is 5.75 Å². The number of carbonyl (C=O) groups is 1. The number of aromatic nitrogens is 1. The summed E-state index contributed by atoms with van der Waals surface area (Å²) in [6.07, 6.45) is 0. The molecule has 0 atom stereocenters. The van der Waals surface area contributed by atoms with Gasteiger partial charge in [0, 0.05) is 64.6 Å². The van der Waals surface area contributed by atoms with E-state index in [4.69, 9.17) is 9.72 Å². The third-order valence-electron chi connectivity index (χ3n) is 5.67. The summed E-state index contributed by atoms with van der Waals surface area (Å²) in [5, 5.41) is 4.10. The Kier molecular flexibility index (Phi) is 7.12. The fourth-order valence-electron chi connectivity index (χ4n) is 3.82. The topological polar surface area (TPSA) is 60.9 Å². The van der Waals surface area contributed by atoms with E-state index >= 15 is 0 Å². The molecular weight excluding hydrogens is 422 g/mol. The zero-order valence-electron chi connectivity index (χ0n) is 19.0. The van der Waals surface area contributed by atoms with Crippen molar-refractivity contribution in [3.05, 3.63) is 48.0 Å². The first-order valence-corrected chi connectivity index (χ1v) is 11.9. The highest BCUT2D eigenvalue weighted by atomic mass is 32.1. The summed E-state index contributed by atoms with van der Waals surface area (Å²) in [4.78, 5) is 24.0. The van der Waals surface area contributed by atoms with E-state index < -0.39 is 0 Å². The molecule has 1 saturated heterocycles. The van der Waals surface area contributed by atoms with Gasteiger partial charge >= 0.3 is 0 Å². The van der Waals surface area contributed by atoms with Crippen molar-refractivity contribution in [2.45, 2.75) is 6.92 Å². The number of carbonyl (C=O) groups excluding carboxylic acids is 1. The molecule has 1 aromatic heterocycles. The van der Waals surface area contributed by atoms with Crippen molar-refractivity contribution >= 4 is 38.3 Å². The summed E-state index contributed by atoms with van der Waals surface area (Å²) in [6, 6.07) is 13.8. The van der Waals surface area contributed by atoms with Crippen LogP contribution in [0.25, 0.3) is 10.2 Å². The smallest absolute Gasteiger partial charge is 0.251 e. The van der Waals surface area contributed by atoms with E-state index in [9.17, 15) is 4.79 Å². The molecule has 1 aliphatic heterocycles. The lowest BCUT2D eigenvalue weighted by Crippen LogP contribution is -2.48. The molecule has 7 nitrogen and oxygen atoms in total. The number of piperazine rings is 1. The van der Waals surface area contributed by atoms with Crippen LogP contribution in [0.1, 0.15) is 17.3 Å². The summed E-state index contributed by atoms with van der Waals surface area (Å²) in [7, 11) is 3.98. The lowest BCUT2D eigenvalue weighted by Gasteiger charge is -2.34. The molecule has 32 heavy (non-hydrogen) atoms. The average molecular weight is 454 g/mol. The van der Waals surface area contributed by atoms with Crippen LogP contribution in [0, 0.1) is 0 Å². The molecule has 0 unspecified atom stereocenters. The van der Waals surface area contributed by atoms with Crippen LogP contribution in [0.15, 0.2) is 42.5 Å². The minimum Gasteiger partial charge on any atom is -0.492 e. The Bertz CT molecular complexity index is 1040. The Labute approximate surface area is 193 Å². The van der Waals surface area contributed by atoms with Gasteiger partial charge in [0.25, 0.3) is 5.91 Å². The molecule has 1 N–H and O–H groups in total. The van der Waals surface area contributed by atoms with Crippen molar-refractivity contribution in [2.24, 2.45) is 0 Å². The number of anilines is 2. The highest BCUT2D eigenvalue weighted by Gasteiger charge is 2.20. The first-order chi connectivity index (χ1) is 15.5. The first kappa shape index (κ1) is 22.4. The van der Waals surface area contributed by atoms with Crippen LogP contribution in [0.3, 0.4) is 0 Å². The zero-order valence-corrected chi connectivity index (χ0v) is 19.8. The molecule has 1 fully saturated rings. The maximum Gasteiger partial charge on any atom is 0.251 e. The van der Waals surface area contributed by atoms with E-state index in [1.54, 1.807) is 11.3 Å². The molecule has 2 aromatic carbocycles. The van der Waals surface area contributed by atoms with Crippen LogP contribution in [0.2, 0.25) is 0 Å². The number of thiazole rings is 1. The van der Waals surface area contributed by atoms with Gasteiger partial charge in [-0.3, -0.25) is 9.69 Å². The van der Waals surface area contributed by atoms with Gasteiger partial charge in [-0.05, 0) is 43.3 Å². The summed E-state index contributed by atoms with van der Waals surface area (Å²) in [6.45, 7) is 7.92. The molecule has 1 aliphatic rings. The van der Waals surface area contributed by atoms with Crippen molar-refractivity contribution in [3.63, 3.8) is 0 Å². The second kappa shape index (κ2) is 10.2. The molecule has 3 aromatic rings. The third-order valence-corrected chi connectivity index (χ3v) is 6.75. The Morgan fingerprint density at radius 3 is 2.56 bits per heavy atom. The van der Waals surface area contributed by atoms with Gasteiger partial charge < -0.3 is 19.9 Å². The van der Waals surface area contributed by atoms with E-state index in [-0.39, 0.29) is 5.91 Å². The standard InChI is InChI=1S/C24H31N5O2S/c1-4-31-20-6-5-7-21-22(20)26-24(32-21)29-16-14-28(15-17-29)13-12-25-23(30)18-8-10-19(11-9-18)27(2)3/h5-11H,4,12-17H2,1-3H3,(H,25,30). The van der Waals surface area contributed by atoms with Crippen molar-refractivity contribution in [1.29, 1.82) is 0 Å². The number of hydrogen-bond acceptors (Lipinski definition) is 7. The van der Waals surface area contributed by atoms with E-state index in [1.165, 1.54) is 0 Å². The molecule has 0 bridgehead atoms. The number of rotatable bonds is 8. The van der Waals surface area contributed by atoms with Gasteiger partial charge in [-0.1, -0.05) is 17.4 Å². The van der Waals surface area contributed by atoms with Crippen LogP contribution >= 0.6 is 11.3 Å². The minimum absolute atomic E-state index is 0.0199. The molecule has 0 saturated carbocycles. The van der Waals surface area contributed by atoms with Crippen LogP contribution in [-0.4, -0.2) is 75.8 Å². The van der Waals surface area contributed by atoms with Crippen LogP contribution in [0.4, 0.5) is 10.8 Å². The van der Waals surface area contributed by atoms with Gasteiger partial charge in [-0.2, -0.15) is 0 Å². The molecule has 0 spiro atoms. The number of hydrogen-bond donors (Lipinski definition) is 1. The Hall–Kier alpha value is -2.84. The van der Waals surface area contributed by atoms with Crippen molar-refractivity contribution in [2.75, 3.05) is 69.8 Å². The van der Waals surface area contributed by atoms with Crippen molar-refractivity contribution in [1.82, 2.24) is 15.2 Å². The predicted octanol–water partition coefficient (Wildman–Crippen LogP) is 3.31. The normalized spacial score (nSPS) is 14.5. The fourth-order valence-corrected chi connectivity index (χ4v) is 4.86. The Morgan fingerprint density at radius 1 is 1.12 bits per heavy atom. The third kappa shape index (κ3) is 5.14. The molecule has 0 aliphatic carbocycles. The van der Waals surface area contributed by atoms with Gasteiger partial charge in [-0.15, -0.1) is 0 Å². The monoisotopic (exact) mass is 453 g/mol. The summed E-state index contributed by atoms with van der Waals surface area (Å²) < 4.78 is 6.89. The maximum absolute atomic E-state index is 12.4. The first-order valence-electron chi connectivity index (χ1n) is 11.1. The highest BCUT2D eigenvalue weighted by Crippen LogP contribution is 2.34. The summed E-state index contributed by atoms with van der Waals surface area (Å²) in [5.74, 6) is 0.840. The lowest BCUT2D eigenvalue weighted by molar-refractivity contribution is 0.0948.